The number of aliphatic hydroxyl groups is 2. The van der Waals surface area contributed by atoms with E-state index in [2.05, 4.69) is 9.73 Å². The van der Waals surface area contributed by atoms with Gasteiger partial charge in [0.15, 0.2) is 0 Å². The van der Waals surface area contributed by atoms with E-state index >= 15 is 0 Å². The molecule has 1 rings (SSSR count). The minimum absolute atomic E-state index is 0.0611. The summed E-state index contributed by atoms with van der Waals surface area (Å²) in [5.41, 5.74) is -0.360. The first-order chi connectivity index (χ1) is 7.13. The van der Waals surface area contributed by atoms with Crippen molar-refractivity contribution < 1.29 is 19.4 Å². The van der Waals surface area contributed by atoms with Gasteiger partial charge in [-0.05, 0) is 6.07 Å². The summed E-state index contributed by atoms with van der Waals surface area (Å²) in [7, 11) is 0. The molecule has 1 unspecified atom stereocenters. The molecular formula is C9H11NO5. The highest BCUT2D eigenvalue weighted by atomic mass is 16.4. The first-order valence-corrected chi connectivity index (χ1v) is 4.29. The molecule has 3 N–H and O–H groups in total. The van der Waals surface area contributed by atoms with Crippen LogP contribution in [0.4, 0.5) is 0 Å². The van der Waals surface area contributed by atoms with E-state index in [9.17, 15) is 9.59 Å². The molecule has 0 saturated carbocycles. The van der Waals surface area contributed by atoms with Crippen LogP contribution >= 0.6 is 0 Å². The molecule has 0 bridgehead atoms. The van der Waals surface area contributed by atoms with Crippen molar-refractivity contribution >= 4 is 5.91 Å². The molecular weight excluding hydrogens is 202 g/mol. The zero-order valence-corrected chi connectivity index (χ0v) is 7.84. The van der Waals surface area contributed by atoms with Gasteiger partial charge in [-0.3, -0.25) is 4.79 Å². The van der Waals surface area contributed by atoms with Crippen molar-refractivity contribution in [3.63, 3.8) is 0 Å². The molecule has 15 heavy (non-hydrogen) atoms. The predicted octanol–water partition coefficient (Wildman–Crippen LogP) is -1.28. The number of carbonyl (C=O) groups excluding carboxylic acids is 1. The van der Waals surface area contributed by atoms with Gasteiger partial charge in [0.1, 0.15) is 6.26 Å². The molecule has 82 valence electrons. The van der Waals surface area contributed by atoms with E-state index < -0.39 is 24.2 Å². The molecule has 0 aliphatic heterocycles. The van der Waals surface area contributed by atoms with Crippen molar-refractivity contribution in [1.82, 2.24) is 5.32 Å². The van der Waals surface area contributed by atoms with Crippen molar-refractivity contribution in [1.29, 1.82) is 0 Å². The molecule has 1 aromatic heterocycles. The summed E-state index contributed by atoms with van der Waals surface area (Å²) in [5.74, 6) is -0.480. The van der Waals surface area contributed by atoms with Gasteiger partial charge in [-0.1, -0.05) is 0 Å². The maximum absolute atomic E-state index is 11.3. The van der Waals surface area contributed by atoms with Gasteiger partial charge in [0.2, 0.25) is 0 Å². The quantitative estimate of drug-likeness (QED) is 0.578. The summed E-state index contributed by atoms with van der Waals surface area (Å²) in [6.45, 7) is -0.487. The maximum Gasteiger partial charge on any atom is 0.335 e. The van der Waals surface area contributed by atoms with E-state index in [-0.39, 0.29) is 12.1 Å². The highest BCUT2D eigenvalue weighted by molar-refractivity contribution is 5.93. The molecule has 1 heterocycles. The van der Waals surface area contributed by atoms with Crippen LogP contribution in [-0.2, 0) is 0 Å². The summed E-state index contributed by atoms with van der Waals surface area (Å²) >= 11 is 0. The summed E-state index contributed by atoms with van der Waals surface area (Å²) in [5, 5.41) is 19.8. The normalized spacial score (nSPS) is 12.1. The topological polar surface area (TPSA) is 99.8 Å². The maximum atomic E-state index is 11.3. The van der Waals surface area contributed by atoms with Gasteiger partial charge in [0.25, 0.3) is 5.91 Å². The van der Waals surface area contributed by atoms with Crippen LogP contribution in [-0.4, -0.2) is 35.4 Å². The van der Waals surface area contributed by atoms with E-state index in [0.29, 0.717) is 0 Å². The minimum atomic E-state index is -0.996. The number of aliphatic hydroxyl groups excluding tert-OH is 2. The second-order valence-corrected chi connectivity index (χ2v) is 2.89. The van der Waals surface area contributed by atoms with Gasteiger partial charge >= 0.3 is 5.63 Å². The van der Waals surface area contributed by atoms with Crippen LogP contribution in [0.1, 0.15) is 10.4 Å². The number of nitrogens with one attached hydrogen (secondary N) is 1. The molecule has 1 aromatic rings. The van der Waals surface area contributed by atoms with Crippen molar-refractivity contribution in [3.8, 4) is 0 Å². The Balaban J connectivity index is 2.54. The van der Waals surface area contributed by atoms with E-state index in [1.807, 2.05) is 0 Å². The number of hydrogen-bond acceptors (Lipinski definition) is 5. The van der Waals surface area contributed by atoms with Crippen LogP contribution in [0.15, 0.2) is 27.6 Å². The van der Waals surface area contributed by atoms with Crippen molar-refractivity contribution in [2.75, 3.05) is 13.2 Å². The van der Waals surface area contributed by atoms with E-state index in [4.69, 9.17) is 10.2 Å². The largest absolute Gasteiger partial charge is 0.430 e. The van der Waals surface area contributed by atoms with Gasteiger partial charge in [-0.25, -0.2) is 4.79 Å². The Labute approximate surface area is 85.2 Å². The van der Waals surface area contributed by atoms with Crippen LogP contribution in [0.25, 0.3) is 0 Å². The lowest BCUT2D eigenvalue weighted by Gasteiger charge is -2.08. The van der Waals surface area contributed by atoms with Crippen LogP contribution in [0.3, 0.4) is 0 Å². The number of hydrogen-bond donors (Lipinski definition) is 3. The third-order valence-corrected chi connectivity index (χ3v) is 1.67. The molecule has 0 aromatic carbocycles. The number of amides is 1. The molecule has 0 fully saturated rings. The summed E-state index contributed by atoms with van der Waals surface area (Å²) in [6.07, 6.45) is 0.0351. The van der Waals surface area contributed by atoms with Gasteiger partial charge in [-0.2, -0.15) is 0 Å². The lowest BCUT2D eigenvalue weighted by molar-refractivity contribution is 0.0800. The molecule has 0 saturated heterocycles. The van der Waals surface area contributed by atoms with E-state index in [0.717, 1.165) is 12.3 Å². The van der Waals surface area contributed by atoms with Crippen molar-refractivity contribution in [3.05, 3.63) is 34.4 Å². The Kier molecular flexibility index (Phi) is 4.02. The second kappa shape index (κ2) is 5.28. The van der Waals surface area contributed by atoms with E-state index in [1.54, 1.807) is 0 Å². The van der Waals surface area contributed by atoms with Crippen LogP contribution < -0.4 is 10.9 Å². The standard InChI is InChI=1S/C9H11NO5/c11-4-7(12)3-10-9(14)6-1-2-8(13)15-5-6/h1-2,5,7,11-12H,3-4H2,(H,10,14). The highest BCUT2D eigenvalue weighted by Crippen LogP contribution is 1.94. The fraction of sp³-hybridized carbons (Fsp3) is 0.333. The van der Waals surface area contributed by atoms with E-state index in [1.165, 1.54) is 6.07 Å². The molecule has 6 heteroatoms. The molecule has 6 nitrogen and oxygen atoms in total. The molecule has 0 aliphatic carbocycles. The average Bonchev–Trinajstić information content (AvgIpc) is 2.26. The molecule has 1 atom stereocenters. The second-order valence-electron chi connectivity index (χ2n) is 2.89. The third kappa shape index (κ3) is 3.53. The summed E-state index contributed by atoms with van der Waals surface area (Å²) < 4.78 is 4.48. The smallest absolute Gasteiger partial charge is 0.335 e. The van der Waals surface area contributed by atoms with Crippen LogP contribution in [0, 0.1) is 0 Å². The minimum Gasteiger partial charge on any atom is -0.430 e. The average molecular weight is 213 g/mol. The first-order valence-electron chi connectivity index (χ1n) is 4.29. The van der Waals surface area contributed by atoms with Gasteiger partial charge in [0, 0.05) is 12.6 Å². The summed E-state index contributed by atoms with van der Waals surface area (Å²) in [4.78, 5) is 21.9. The van der Waals surface area contributed by atoms with Gasteiger partial charge < -0.3 is 19.9 Å². The van der Waals surface area contributed by atoms with Gasteiger partial charge in [0.05, 0.1) is 18.3 Å². The SMILES string of the molecule is O=C(NCC(O)CO)c1ccc(=O)oc1. The molecule has 0 radical (unpaired) electrons. The highest BCUT2D eigenvalue weighted by Gasteiger charge is 2.08. The lowest BCUT2D eigenvalue weighted by Crippen LogP contribution is -2.33. The lowest BCUT2D eigenvalue weighted by atomic mass is 10.3. The van der Waals surface area contributed by atoms with Crippen molar-refractivity contribution in [2.24, 2.45) is 0 Å². The van der Waals surface area contributed by atoms with Crippen molar-refractivity contribution in [2.45, 2.75) is 6.10 Å². The van der Waals surface area contributed by atoms with Gasteiger partial charge in [-0.15, -0.1) is 0 Å². The number of carbonyl (C=O) groups is 1. The number of rotatable bonds is 4. The monoisotopic (exact) mass is 213 g/mol. The summed E-state index contributed by atoms with van der Waals surface area (Å²) in [6, 6.07) is 2.43. The fourth-order valence-electron chi connectivity index (χ4n) is 0.864. The Bertz CT molecular complexity index is 366. The molecule has 0 spiro atoms. The van der Waals surface area contributed by atoms with Crippen LogP contribution in [0.2, 0.25) is 0 Å². The fourth-order valence-corrected chi connectivity index (χ4v) is 0.864. The Morgan fingerprint density at radius 2 is 2.27 bits per heavy atom. The van der Waals surface area contributed by atoms with Crippen LogP contribution in [0.5, 0.6) is 0 Å². The molecule has 0 aliphatic rings. The Morgan fingerprint density at radius 1 is 1.53 bits per heavy atom. The Hall–Kier alpha value is -1.66. The zero-order valence-electron chi connectivity index (χ0n) is 7.84. The third-order valence-electron chi connectivity index (χ3n) is 1.67. The molecule has 1 amide bonds. The predicted molar refractivity (Wildman–Crippen MR) is 50.4 cm³/mol. The zero-order chi connectivity index (χ0) is 11.3. The Morgan fingerprint density at radius 3 is 2.80 bits per heavy atom. The first kappa shape index (κ1) is 11.4.